The van der Waals surface area contributed by atoms with Crippen LogP contribution in [0.15, 0.2) is 42.5 Å². The van der Waals surface area contributed by atoms with Crippen molar-refractivity contribution in [3.63, 3.8) is 0 Å². The fourth-order valence-corrected chi connectivity index (χ4v) is 3.06. The third kappa shape index (κ3) is 4.34. The van der Waals surface area contributed by atoms with E-state index in [1.807, 2.05) is 0 Å². The Labute approximate surface area is 156 Å². The highest BCUT2D eigenvalue weighted by molar-refractivity contribution is 5.91. The summed E-state index contributed by atoms with van der Waals surface area (Å²) >= 11 is 0. The summed E-state index contributed by atoms with van der Waals surface area (Å²) in [6.07, 6.45) is 0.560. The van der Waals surface area contributed by atoms with E-state index in [-0.39, 0.29) is 30.6 Å². The molecule has 3 N–H and O–H groups in total. The molecule has 0 atom stereocenters. The molecule has 27 heavy (non-hydrogen) atoms. The lowest BCUT2D eigenvalue weighted by atomic mass is 10.00. The first-order valence-corrected chi connectivity index (χ1v) is 8.77. The summed E-state index contributed by atoms with van der Waals surface area (Å²) in [6, 6.07) is 10.5. The Morgan fingerprint density at radius 1 is 1.11 bits per heavy atom. The topological polar surface area (TPSA) is 65.1 Å². The molecule has 0 saturated heterocycles. The maximum Gasteiger partial charge on any atom is 0.220 e. The zero-order valence-electron chi connectivity index (χ0n) is 15.3. The van der Waals surface area contributed by atoms with Gasteiger partial charge in [-0.25, -0.2) is 8.78 Å². The van der Waals surface area contributed by atoms with Crippen LogP contribution in [0.25, 0.3) is 22.2 Å². The SMILES string of the molecule is CC(C)(CO)NC(=O)CCc1c(-c2ccc(F)cc2)[nH]c2ccc(F)cc12. The third-order valence-corrected chi connectivity index (χ3v) is 4.48. The molecular formula is C21H22F2N2O2. The summed E-state index contributed by atoms with van der Waals surface area (Å²) in [5.41, 5.74) is 2.35. The van der Waals surface area contributed by atoms with Crippen LogP contribution in [-0.2, 0) is 11.2 Å². The molecule has 0 aliphatic rings. The van der Waals surface area contributed by atoms with Crippen molar-refractivity contribution in [1.29, 1.82) is 0 Å². The molecule has 0 aliphatic heterocycles. The average molecular weight is 372 g/mol. The zero-order chi connectivity index (χ0) is 19.6. The normalized spacial score (nSPS) is 11.7. The Bertz CT molecular complexity index is 962. The maximum absolute atomic E-state index is 13.8. The molecule has 3 rings (SSSR count). The van der Waals surface area contributed by atoms with Crippen LogP contribution < -0.4 is 5.32 Å². The van der Waals surface area contributed by atoms with E-state index in [0.29, 0.717) is 11.8 Å². The number of halogens is 2. The third-order valence-electron chi connectivity index (χ3n) is 4.48. The first kappa shape index (κ1) is 19.0. The van der Waals surface area contributed by atoms with E-state index < -0.39 is 5.54 Å². The highest BCUT2D eigenvalue weighted by Gasteiger charge is 2.20. The van der Waals surface area contributed by atoms with Crippen molar-refractivity contribution in [3.8, 4) is 11.3 Å². The van der Waals surface area contributed by atoms with E-state index in [1.54, 1.807) is 32.0 Å². The standard InChI is InChI=1S/C21H22F2N2O2/c1-21(2,12-26)25-19(27)10-8-16-17-11-15(23)7-9-18(17)24-20(16)13-3-5-14(22)6-4-13/h3-7,9,11,24,26H,8,10,12H2,1-2H3,(H,25,27). The number of nitrogens with one attached hydrogen (secondary N) is 2. The maximum atomic E-state index is 13.8. The highest BCUT2D eigenvalue weighted by Crippen LogP contribution is 2.32. The Morgan fingerprint density at radius 2 is 1.78 bits per heavy atom. The van der Waals surface area contributed by atoms with Crippen molar-refractivity contribution >= 4 is 16.8 Å². The van der Waals surface area contributed by atoms with Crippen LogP contribution in [-0.4, -0.2) is 28.1 Å². The molecule has 6 heteroatoms. The molecule has 0 fully saturated rings. The van der Waals surface area contributed by atoms with Gasteiger partial charge in [0.05, 0.1) is 12.1 Å². The van der Waals surface area contributed by atoms with Gasteiger partial charge in [-0.2, -0.15) is 0 Å². The molecule has 1 heterocycles. The minimum atomic E-state index is -0.705. The van der Waals surface area contributed by atoms with Crippen molar-refractivity contribution < 1.29 is 18.7 Å². The summed E-state index contributed by atoms with van der Waals surface area (Å²) in [4.78, 5) is 15.5. The van der Waals surface area contributed by atoms with Crippen LogP contribution in [0.1, 0.15) is 25.8 Å². The molecule has 1 amide bonds. The number of fused-ring (bicyclic) bond motifs is 1. The van der Waals surface area contributed by atoms with Crippen molar-refractivity contribution in [2.75, 3.05) is 6.61 Å². The number of aliphatic hydroxyl groups excluding tert-OH is 1. The fourth-order valence-electron chi connectivity index (χ4n) is 3.06. The number of rotatable bonds is 6. The van der Waals surface area contributed by atoms with Crippen molar-refractivity contribution in [3.05, 3.63) is 59.7 Å². The van der Waals surface area contributed by atoms with Crippen LogP contribution in [0.5, 0.6) is 0 Å². The van der Waals surface area contributed by atoms with Crippen molar-refractivity contribution in [1.82, 2.24) is 10.3 Å². The van der Waals surface area contributed by atoms with Gasteiger partial charge in [0.2, 0.25) is 5.91 Å². The summed E-state index contributed by atoms with van der Waals surface area (Å²) in [7, 11) is 0. The molecule has 0 saturated carbocycles. The van der Waals surface area contributed by atoms with E-state index in [1.165, 1.54) is 24.3 Å². The molecule has 4 nitrogen and oxygen atoms in total. The summed E-state index contributed by atoms with van der Waals surface area (Å²) < 4.78 is 27.1. The molecule has 0 spiro atoms. The van der Waals surface area contributed by atoms with Crippen molar-refractivity contribution in [2.24, 2.45) is 0 Å². The lowest BCUT2D eigenvalue weighted by molar-refractivity contribution is -0.123. The number of carbonyl (C=O) groups is 1. The van der Waals surface area contributed by atoms with Crippen LogP contribution in [0, 0.1) is 11.6 Å². The minimum Gasteiger partial charge on any atom is -0.394 e. The smallest absolute Gasteiger partial charge is 0.220 e. The molecule has 0 radical (unpaired) electrons. The number of H-pyrrole nitrogens is 1. The van der Waals surface area contributed by atoms with Crippen molar-refractivity contribution in [2.45, 2.75) is 32.2 Å². The molecular weight excluding hydrogens is 350 g/mol. The first-order valence-electron chi connectivity index (χ1n) is 8.77. The number of amides is 1. The number of aryl methyl sites for hydroxylation is 1. The molecule has 0 aliphatic carbocycles. The summed E-state index contributed by atoms with van der Waals surface area (Å²) in [5, 5.41) is 12.8. The lowest BCUT2D eigenvalue weighted by Crippen LogP contribution is -2.46. The fraction of sp³-hybridized carbons (Fsp3) is 0.286. The molecule has 1 aromatic heterocycles. The number of aromatic nitrogens is 1. The van der Waals surface area contributed by atoms with Crippen LogP contribution in [0.3, 0.4) is 0 Å². The van der Waals surface area contributed by atoms with Crippen LogP contribution >= 0.6 is 0 Å². The lowest BCUT2D eigenvalue weighted by Gasteiger charge is -2.23. The zero-order valence-corrected chi connectivity index (χ0v) is 15.3. The second-order valence-corrected chi connectivity index (χ2v) is 7.27. The van der Waals surface area contributed by atoms with E-state index in [2.05, 4.69) is 10.3 Å². The van der Waals surface area contributed by atoms with Gasteiger partial charge >= 0.3 is 0 Å². The van der Waals surface area contributed by atoms with E-state index >= 15 is 0 Å². The Hall–Kier alpha value is -2.73. The van der Waals surface area contributed by atoms with Gasteiger partial charge in [0.15, 0.2) is 0 Å². The monoisotopic (exact) mass is 372 g/mol. The molecule has 2 aromatic carbocycles. The molecule has 0 unspecified atom stereocenters. The second-order valence-electron chi connectivity index (χ2n) is 7.27. The number of benzene rings is 2. The van der Waals surface area contributed by atoms with Gasteiger partial charge in [0.25, 0.3) is 0 Å². The molecule has 3 aromatic rings. The number of hydrogen-bond donors (Lipinski definition) is 3. The van der Waals surface area contributed by atoms with Gasteiger partial charge in [-0.05, 0) is 73.9 Å². The average Bonchev–Trinajstić information content (AvgIpc) is 2.98. The predicted molar refractivity (Wildman–Crippen MR) is 101 cm³/mol. The summed E-state index contributed by atoms with van der Waals surface area (Å²) in [5.74, 6) is -0.905. The Morgan fingerprint density at radius 3 is 2.44 bits per heavy atom. The molecule has 142 valence electrons. The number of aliphatic hydroxyl groups is 1. The van der Waals surface area contributed by atoms with E-state index in [0.717, 1.165) is 22.3 Å². The van der Waals surface area contributed by atoms with Gasteiger partial charge in [-0.15, -0.1) is 0 Å². The second kappa shape index (κ2) is 7.48. The predicted octanol–water partition coefficient (Wildman–Crippen LogP) is 3.93. The largest absolute Gasteiger partial charge is 0.394 e. The Kier molecular flexibility index (Phi) is 5.28. The van der Waals surface area contributed by atoms with Gasteiger partial charge < -0.3 is 15.4 Å². The Balaban J connectivity index is 1.94. The van der Waals surface area contributed by atoms with Gasteiger partial charge in [0.1, 0.15) is 11.6 Å². The quantitative estimate of drug-likeness (QED) is 0.614. The molecule has 0 bridgehead atoms. The summed E-state index contributed by atoms with van der Waals surface area (Å²) in [6.45, 7) is 3.30. The van der Waals surface area contributed by atoms with Gasteiger partial charge in [-0.3, -0.25) is 4.79 Å². The van der Waals surface area contributed by atoms with E-state index in [9.17, 15) is 18.7 Å². The number of aromatic amines is 1. The van der Waals surface area contributed by atoms with Crippen LogP contribution in [0.2, 0.25) is 0 Å². The van der Waals surface area contributed by atoms with Gasteiger partial charge in [0, 0.05) is 23.0 Å². The minimum absolute atomic E-state index is 0.169. The van der Waals surface area contributed by atoms with Gasteiger partial charge in [-0.1, -0.05) is 0 Å². The first-order chi connectivity index (χ1) is 12.8. The number of hydrogen-bond acceptors (Lipinski definition) is 2. The van der Waals surface area contributed by atoms with Crippen LogP contribution in [0.4, 0.5) is 8.78 Å². The number of carbonyl (C=O) groups excluding carboxylic acids is 1. The van der Waals surface area contributed by atoms with E-state index in [4.69, 9.17) is 0 Å². The highest BCUT2D eigenvalue weighted by atomic mass is 19.1.